The van der Waals surface area contributed by atoms with Gasteiger partial charge in [-0.25, -0.2) is 0 Å². The Labute approximate surface area is 179 Å². The summed E-state index contributed by atoms with van der Waals surface area (Å²) in [5.74, 6) is 0.791. The van der Waals surface area contributed by atoms with Gasteiger partial charge in [0.05, 0.1) is 0 Å². The van der Waals surface area contributed by atoms with Gasteiger partial charge in [0.15, 0.2) is 0 Å². The fraction of sp³-hybridized carbons (Fsp3) is 0.423. The maximum atomic E-state index is 12.3. The molecular formula is C26H33N3O. The maximum Gasteiger partial charge on any atom is 0.227 e. The second-order valence-corrected chi connectivity index (χ2v) is 8.69. The fourth-order valence-corrected chi connectivity index (χ4v) is 4.38. The molecule has 2 atom stereocenters. The topological polar surface area (TPSA) is 56.9 Å². The number of carbonyl (C=O) groups excluding carboxylic acids is 1. The van der Waals surface area contributed by atoms with Gasteiger partial charge in [-0.05, 0) is 80.4 Å². The molecule has 2 aromatic carbocycles. The van der Waals surface area contributed by atoms with Crippen molar-refractivity contribution >= 4 is 22.5 Å². The molecule has 3 aromatic rings. The summed E-state index contributed by atoms with van der Waals surface area (Å²) in [7, 11) is 0. The summed E-state index contributed by atoms with van der Waals surface area (Å²) in [4.78, 5) is 15.9. The third kappa shape index (κ3) is 4.76. The molecule has 0 saturated heterocycles. The molecule has 0 spiro atoms. The molecule has 0 saturated carbocycles. The van der Waals surface area contributed by atoms with Crippen LogP contribution in [-0.2, 0) is 24.1 Å². The van der Waals surface area contributed by atoms with Crippen LogP contribution in [0.25, 0.3) is 10.9 Å². The average molecular weight is 404 g/mol. The summed E-state index contributed by atoms with van der Waals surface area (Å²) in [5.41, 5.74) is 6.28. The smallest absolute Gasteiger partial charge is 0.227 e. The van der Waals surface area contributed by atoms with Crippen LogP contribution in [0.3, 0.4) is 0 Å². The Morgan fingerprint density at radius 3 is 2.83 bits per heavy atom. The average Bonchev–Trinajstić information content (AvgIpc) is 3.14. The van der Waals surface area contributed by atoms with Gasteiger partial charge in [-0.1, -0.05) is 44.2 Å². The standard InChI is InChI=1S/C26H33N3O/c1-3-18(2)26(30)28-21-10-12-25-23(16-21)22-15-20(9-11-24(22)29-25)17-27-14-13-19-7-5-4-6-8-19/h4-8,10,12,16,18,20,27,29H,3,9,11,13-15,17H2,1-2H3,(H,28,30). The van der Waals surface area contributed by atoms with Crippen molar-refractivity contribution in [1.29, 1.82) is 0 Å². The van der Waals surface area contributed by atoms with E-state index in [4.69, 9.17) is 0 Å². The van der Waals surface area contributed by atoms with Gasteiger partial charge < -0.3 is 15.6 Å². The van der Waals surface area contributed by atoms with Crippen molar-refractivity contribution in [1.82, 2.24) is 10.3 Å². The first-order valence-corrected chi connectivity index (χ1v) is 11.3. The molecule has 3 N–H and O–H groups in total. The highest BCUT2D eigenvalue weighted by molar-refractivity contribution is 5.96. The number of nitrogens with one attached hydrogen (secondary N) is 3. The number of benzene rings is 2. The SMILES string of the molecule is CCC(C)C(=O)Nc1ccc2[nH]c3c(c2c1)CC(CNCCc1ccccc1)CC3. The lowest BCUT2D eigenvalue weighted by molar-refractivity contribution is -0.119. The Balaban J connectivity index is 1.38. The van der Waals surface area contributed by atoms with Crippen LogP contribution in [0.15, 0.2) is 48.5 Å². The molecule has 1 heterocycles. The summed E-state index contributed by atoms with van der Waals surface area (Å²) in [6, 6.07) is 16.9. The molecule has 0 aliphatic heterocycles. The minimum atomic E-state index is 0.0344. The highest BCUT2D eigenvalue weighted by Gasteiger charge is 2.22. The minimum absolute atomic E-state index is 0.0344. The second kappa shape index (κ2) is 9.48. The first-order chi connectivity index (χ1) is 14.6. The van der Waals surface area contributed by atoms with Crippen LogP contribution in [-0.4, -0.2) is 24.0 Å². The van der Waals surface area contributed by atoms with Crippen molar-refractivity contribution in [2.24, 2.45) is 11.8 Å². The van der Waals surface area contributed by atoms with E-state index in [0.717, 1.165) is 44.5 Å². The number of aryl methyl sites for hydroxylation is 1. The third-order valence-corrected chi connectivity index (χ3v) is 6.48. The molecule has 4 heteroatoms. The molecule has 2 unspecified atom stereocenters. The van der Waals surface area contributed by atoms with E-state index < -0.39 is 0 Å². The zero-order chi connectivity index (χ0) is 20.9. The van der Waals surface area contributed by atoms with Gasteiger partial charge in [0, 0.05) is 28.2 Å². The van der Waals surface area contributed by atoms with E-state index in [1.54, 1.807) is 0 Å². The highest BCUT2D eigenvalue weighted by atomic mass is 16.1. The minimum Gasteiger partial charge on any atom is -0.358 e. The molecule has 0 bridgehead atoms. The normalized spacial score (nSPS) is 16.9. The number of amides is 1. The Morgan fingerprint density at radius 2 is 2.03 bits per heavy atom. The Bertz CT molecular complexity index is 992. The Morgan fingerprint density at radius 1 is 1.20 bits per heavy atom. The van der Waals surface area contributed by atoms with Crippen LogP contribution in [0, 0.1) is 11.8 Å². The molecule has 0 fully saturated rings. The summed E-state index contributed by atoms with van der Waals surface area (Å²) in [6.45, 7) is 6.10. The van der Waals surface area contributed by atoms with Crippen LogP contribution < -0.4 is 10.6 Å². The zero-order valence-corrected chi connectivity index (χ0v) is 18.1. The highest BCUT2D eigenvalue weighted by Crippen LogP contribution is 2.33. The van der Waals surface area contributed by atoms with E-state index in [9.17, 15) is 4.79 Å². The van der Waals surface area contributed by atoms with Gasteiger partial charge in [0.25, 0.3) is 0 Å². The van der Waals surface area contributed by atoms with E-state index in [2.05, 4.69) is 58.1 Å². The molecule has 1 aromatic heterocycles. The van der Waals surface area contributed by atoms with Crippen LogP contribution in [0.5, 0.6) is 0 Å². The fourth-order valence-electron chi connectivity index (χ4n) is 4.38. The van der Waals surface area contributed by atoms with E-state index in [-0.39, 0.29) is 11.8 Å². The summed E-state index contributed by atoms with van der Waals surface area (Å²) in [5, 5.41) is 8.01. The number of hydrogen-bond donors (Lipinski definition) is 3. The Kier molecular flexibility index (Phi) is 6.53. The van der Waals surface area contributed by atoms with Crippen LogP contribution >= 0.6 is 0 Å². The van der Waals surface area contributed by atoms with Gasteiger partial charge >= 0.3 is 0 Å². The number of fused-ring (bicyclic) bond motifs is 3. The van der Waals surface area contributed by atoms with Gasteiger partial charge in [0.1, 0.15) is 0 Å². The molecule has 4 nitrogen and oxygen atoms in total. The largest absolute Gasteiger partial charge is 0.358 e. The predicted molar refractivity (Wildman–Crippen MR) is 125 cm³/mol. The zero-order valence-electron chi connectivity index (χ0n) is 18.1. The third-order valence-electron chi connectivity index (χ3n) is 6.48. The van der Waals surface area contributed by atoms with Crippen molar-refractivity contribution in [2.75, 3.05) is 18.4 Å². The van der Waals surface area contributed by atoms with Crippen molar-refractivity contribution < 1.29 is 4.79 Å². The lowest BCUT2D eigenvalue weighted by Gasteiger charge is -2.23. The maximum absolute atomic E-state index is 12.3. The number of carbonyl (C=O) groups is 1. The number of H-pyrrole nitrogens is 1. The molecule has 30 heavy (non-hydrogen) atoms. The number of rotatable bonds is 8. The van der Waals surface area contributed by atoms with Crippen LogP contribution in [0.2, 0.25) is 0 Å². The molecule has 1 amide bonds. The van der Waals surface area contributed by atoms with E-state index in [1.807, 2.05) is 19.9 Å². The van der Waals surface area contributed by atoms with Crippen molar-refractivity contribution in [2.45, 2.75) is 46.0 Å². The van der Waals surface area contributed by atoms with Gasteiger partial charge in [-0.2, -0.15) is 0 Å². The molecule has 1 aliphatic rings. The lowest BCUT2D eigenvalue weighted by atomic mass is 9.86. The summed E-state index contributed by atoms with van der Waals surface area (Å²) >= 11 is 0. The van der Waals surface area contributed by atoms with Crippen LogP contribution in [0.1, 0.15) is 43.5 Å². The molecule has 158 valence electrons. The monoisotopic (exact) mass is 403 g/mol. The van der Waals surface area contributed by atoms with Gasteiger partial charge in [-0.3, -0.25) is 4.79 Å². The number of aromatic amines is 1. The molecule has 4 rings (SSSR count). The lowest BCUT2D eigenvalue weighted by Crippen LogP contribution is -2.28. The second-order valence-electron chi connectivity index (χ2n) is 8.69. The van der Waals surface area contributed by atoms with Gasteiger partial charge in [-0.15, -0.1) is 0 Å². The first-order valence-electron chi connectivity index (χ1n) is 11.3. The number of hydrogen-bond acceptors (Lipinski definition) is 2. The van der Waals surface area contributed by atoms with E-state index in [0.29, 0.717) is 5.92 Å². The van der Waals surface area contributed by atoms with Gasteiger partial charge in [0.2, 0.25) is 5.91 Å². The molecule has 1 aliphatic carbocycles. The van der Waals surface area contributed by atoms with E-state index >= 15 is 0 Å². The number of anilines is 1. The quantitative estimate of drug-likeness (QED) is 0.459. The van der Waals surface area contributed by atoms with E-state index in [1.165, 1.54) is 34.1 Å². The first kappa shape index (κ1) is 20.7. The van der Waals surface area contributed by atoms with Crippen LogP contribution in [0.4, 0.5) is 5.69 Å². The van der Waals surface area contributed by atoms with Crippen molar-refractivity contribution in [3.05, 3.63) is 65.4 Å². The predicted octanol–water partition coefficient (Wildman–Crippen LogP) is 5.09. The summed E-state index contributed by atoms with van der Waals surface area (Å²) in [6.07, 6.45) is 5.34. The molecular weight excluding hydrogens is 370 g/mol. The molecule has 0 radical (unpaired) electrons. The summed E-state index contributed by atoms with van der Waals surface area (Å²) < 4.78 is 0. The Hall–Kier alpha value is -2.59. The van der Waals surface area contributed by atoms with Crippen molar-refractivity contribution in [3.8, 4) is 0 Å². The van der Waals surface area contributed by atoms with Crippen molar-refractivity contribution in [3.63, 3.8) is 0 Å². The number of aromatic nitrogens is 1.